The van der Waals surface area contributed by atoms with Gasteiger partial charge in [0, 0.05) is 0 Å². The number of hydrogen-bond donors (Lipinski definition) is 2. The third-order valence-corrected chi connectivity index (χ3v) is 15.1. The quantitative estimate of drug-likeness (QED) is 0.299. The van der Waals surface area contributed by atoms with Crippen molar-refractivity contribution in [1.82, 2.24) is 0 Å². The van der Waals surface area contributed by atoms with E-state index in [1.54, 1.807) is 26.4 Å². The van der Waals surface area contributed by atoms with Crippen LogP contribution in [0.3, 0.4) is 0 Å². The monoisotopic (exact) mass is 490 g/mol. The van der Waals surface area contributed by atoms with E-state index in [2.05, 4.69) is 33.1 Å². The highest BCUT2D eigenvalue weighted by atomic mass is 28.4. The molecule has 2 aromatic carbocycles. The second-order valence-electron chi connectivity index (χ2n) is 10.1. The van der Waals surface area contributed by atoms with Crippen molar-refractivity contribution in [2.24, 2.45) is 0 Å². The second kappa shape index (κ2) is 11.9. The van der Waals surface area contributed by atoms with Crippen molar-refractivity contribution >= 4 is 16.6 Å². The van der Waals surface area contributed by atoms with Crippen molar-refractivity contribution in [1.29, 1.82) is 0 Å². The zero-order valence-electron chi connectivity index (χ0n) is 21.4. The summed E-state index contributed by atoms with van der Waals surface area (Å²) in [5, 5.41) is 19.6. The maximum Gasteiger partial charge on any atom is 0.176 e. The smallest absolute Gasteiger partial charge is 0.176 e. The van der Waals surface area contributed by atoms with Gasteiger partial charge in [0.2, 0.25) is 0 Å². The number of aromatic hydroxyl groups is 2. The highest BCUT2D eigenvalue weighted by molar-refractivity contribution is 6.85. The summed E-state index contributed by atoms with van der Waals surface area (Å²) in [6.07, 6.45) is 5.25. The minimum Gasteiger partial charge on any atom is -0.504 e. The lowest BCUT2D eigenvalue weighted by Gasteiger charge is -2.38. The van der Waals surface area contributed by atoms with E-state index in [9.17, 15) is 10.2 Å². The molecular weight excluding hydrogens is 448 g/mol. The van der Waals surface area contributed by atoms with E-state index in [4.69, 9.17) is 13.6 Å². The molecule has 5 nitrogen and oxygen atoms in total. The zero-order chi connectivity index (χ0) is 24.6. The molecule has 0 heterocycles. The molecule has 0 fully saturated rings. The van der Waals surface area contributed by atoms with Gasteiger partial charge in [-0.2, -0.15) is 0 Å². The SMILES string of the molecule is COc1cc(CCCC(C)[Si](C)(C)O[Si](C)(C)CCCc2ccc(O)c(OC)c2)ccc1O. The number of rotatable bonds is 13. The molecule has 2 N–H and O–H groups in total. The Balaban J connectivity index is 1.82. The van der Waals surface area contributed by atoms with Crippen LogP contribution in [0.15, 0.2) is 36.4 Å². The molecule has 0 bridgehead atoms. The lowest BCUT2D eigenvalue weighted by molar-refractivity contribution is 0.373. The first-order chi connectivity index (χ1) is 15.5. The Bertz CT molecular complexity index is 898. The summed E-state index contributed by atoms with van der Waals surface area (Å²) in [6.45, 7) is 11.8. The molecule has 1 unspecified atom stereocenters. The molecule has 0 aromatic heterocycles. The van der Waals surface area contributed by atoms with Gasteiger partial charge in [-0.25, -0.2) is 0 Å². The van der Waals surface area contributed by atoms with Gasteiger partial charge in [-0.1, -0.05) is 25.5 Å². The third-order valence-electron chi connectivity index (χ3n) is 6.56. The molecule has 7 heteroatoms. The predicted octanol–water partition coefficient (Wildman–Crippen LogP) is 6.89. The molecule has 0 aliphatic rings. The Morgan fingerprint density at radius 3 is 1.76 bits per heavy atom. The topological polar surface area (TPSA) is 68.2 Å². The van der Waals surface area contributed by atoms with Crippen LogP contribution < -0.4 is 9.47 Å². The van der Waals surface area contributed by atoms with Gasteiger partial charge >= 0.3 is 0 Å². The average Bonchev–Trinajstić information content (AvgIpc) is 2.75. The van der Waals surface area contributed by atoms with Crippen molar-refractivity contribution in [3.8, 4) is 23.0 Å². The first kappa shape index (κ1) is 27.3. The van der Waals surface area contributed by atoms with E-state index in [0.717, 1.165) is 38.1 Å². The minimum atomic E-state index is -1.81. The predicted molar refractivity (Wildman–Crippen MR) is 141 cm³/mol. The molecule has 1 atom stereocenters. The summed E-state index contributed by atoms with van der Waals surface area (Å²) in [7, 11) is -0.423. The van der Waals surface area contributed by atoms with E-state index in [-0.39, 0.29) is 11.5 Å². The largest absolute Gasteiger partial charge is 0.504 e. The Hall–Kier alpha value is -1.97. The zero-order valence-corrected chi connectivity index (χ0v) is 23.4. The first-order valence-electron chi connectivity index (χ1n) is 11.9. The fourth-order valence-electron chi connectivity index (χ4n) is 4.30. The van der Waals surface area contributed by atoms with Crippen LogP contribution in [0, 0.1) is 0 Å². The molecule has 0 radical (unpaired) electrons. The van der Waals surface area contributed by atoms with Gasteiger partial charge in [-0.3, -0.25) is 0 Å². The maximum absolute atomic E-state index is 9.78. The van der Waals surface area contributed by atoms with Crippen molar-refractivity contribution in [3.05, 3.63) is 47.5 Å². The highest BCUT2D eigenvalue weighted by Gasteiger charge is 2.36. The van der Waals surface area contributed by atoms with Crippen LogP contribution in [0.2, 0.25) is 37.8 Å². The second-order valence-corrected chi connectivity index (χ2v) is 19.2. The molecule has 0 spiro atoms. The van der Waals surface area contributed by atoms with E-state index < -0.39 is 16.6 Å². The van der Waals surface area contributed by atoms with Crippen molar-refractivity contribution in [2.45, 2.75) is 76.8 Å². The van der Waals surface area contributed by atoms with Gasteiger partial charge in [-0.05, 0) is 98.8 Å². The number of benzene rings is 2. The van der Waals surface area contributed by atoms with Gasteiger partial charge in [0.05, 0.1) is 14.2 Å². The van der Waals surface area contributed by atoms with Gasteiger partial charge < -0.3 is 23.8 Å². The summed E-state index contributed by atoms with van der Waals surface area (Å²) in [5.74, 6) is 1.45. The molecule has 184 valence electrons. The van der Waals surface area contributed by atoms with Crippen molar-refractivity contribution < 1.29 is 23.8 Å². The molecule has 0 saturated heterocycles. The molecule has 0 aliphatic carbocycles. The van der Waals surface area contributed by atoms with Crippen LogP contribution in [0.25, 0.3) is 0 Å². The van der Waals surface area contributed by atoms with Crippen molar-refractivity contribution in [3.63, 3.8) is 0 Å². The van der Waals surface area contributed by atoms with Gasteiger partial charge in [0.1, 0.15) is 0 Å². The number of hydrogen-bond acceptors (Lipinski definition) is 5. The van der Waals surface area contributed by atoms with Crippen LogP contribution in [0.5, 0.6) is 23.0 Å². The van der Waals surface area contributed by atoms with Gasteiger partial charge in [0.15, 0.2) is 39.6 Å². The molecule has 2 aromatic rings. The summed E-state index contributed by atoms with van der Waals surface area (Å²) in [6, 6.07) is 12.3. The Morgan fingerprint density at radius 2 is 1.27 bits per heavy atom. The normalized spacial score (nSPS) is 13.1. The minimum absolute atomic E-state index is 0.186. The Labute approximate surface area is 202 Å². The maximum atomic E-state index is 9.78. The molecular formula is C26H42O5Si2. The lowest BCUT2D eigenvalue weighted by Crippen LogP contribution is -2.46. The molecule has 0 saturated carbocycles. The summed E-state index contributed by atoms with van der Waals surface area (Å²) >= 11 is 0. The summed E-state index contributed by atoms with van der Waals surface area (Å²) in [5.41, 5.74) is 2.95. The number of phenolic OH excluding ortho intramolecular Hbond substituents is 2. The highest BCUT2D eigenvalue weighted by Crippen LogP contribution is 2.33. The Morgan fingerprint density at radius 1 is 0.788 bits per heavy atom. The van der Waals surface area contributed by atoms with Crippen LogP contribution in [0.4, 0.5) is 0 Å². The standard InChI is InChI=1S/C26H42O5Si2/c1-20(10-8-11-21-13-15-23(27)25(18-21)29-2)33(6,7)31-32(4,5)17-9-12-22-14-16-24(28)26(19-22)30-3/h13-16,18-20,27-28H,8-12,17H2,1-7H3. The van der Waals surface area contributed by atoms with E-state index in [1.165, 1.54) is 11.1 Å². The van der Waals surface area contributed by atoms with E-state index in [1.807, 2.05) is 24.3 Å². The number of phenols is 2. The molecule has 33 heavy (non-hydrogen) atoms. The molecule has 0 aliphatic heterocycles. The third kappa shape index (κ3) is 8.39. The van der Waals surface area contributed by atoms with Crippen LogP contribution >= 0.6 is 0 Å². The number of ether oxygens (including phenoxy) is 2. The molecule has 2 rings (SSSR count). The molecule has 0 amide bonds. The summed E-state index contributed by atoms with van der Waals surface area (Å²) < 4.78 is 17.4. The lowest BCUT2D eigenvalue weighted by atomic mass is 10.1. The summed E-state index contributed by atoms with van der Waals surface area (Å²) in [4.78, 5) is 0. The van der Waals surface area contributed by atoms with Crippen LogP contribution in [0.1, 0.15) is 37.3 Å². The van der Waals surface area contributed by atoms with Gasteiger partial charge in [-0.15, -0.1) is 0 Å². The van der Waals surface area contributed by atoms with Gasteiger partial charge in [0.25, 0.3) is 0 Å². The van der Waals surface area contributed by atoms with E-state index in [0.29, 0.717) is 17.0 Å². The average molecular weight is 491 g/mol. The fraction of sp³-hybridized carbons (Fsp3) is 0.538. The van der Waals surface area contributed by atoms with Crippen LogP contribution in [-0.2, 0) is 17.0 Å². The fourth-order valence-corrected chi connectivity index (χ4v) is 13.1. The van der Waals surface area contributed by atoms with Crippen molar-refractivity contribution in [2.75, 3.05) is 14.2 Å². The number of methoxy groups -OCH3 is 2. The Kier molecular flexibility index (Phi) is 9.88. The van der Waals surface area contributed by atoms with E-state index >= 15 is 0 Å². The number of aryl methyl sites for hydroxylation is 2. The first-order valence-corrected chi connectivity index (χ1v) is 18.0. The van der Waals surface area contributed by atoms with Crippen LogP contribution in [-0.4, -0.2) is 41.1 Å².